The first-order chi connectivity index (χ1) is 12.2. The molecule has 146 valence electrons. The topological polar surface area (TPSA) is 117 Å². The number of rotatable bonds is 7. The third-order valence-corrected chi connectivity index (χ3v) is 5.21. The average Bonchev–Trinajstić information content (AvgIpc) is 2.90. The van der Waals surface area contributed by atoms with Crippen molar-refractivity contribution in [1.82, 2.24) is 16.0 Å². The smallest absolute Gasteiger partial charge is 0.315 e. The van der Waals surface area contributed by atoms with Gasteiger partial charge in [-0.1, -0.05) is 12.1 Å². The summed E-state index contributed by atoms with van der Waals surface area (Å²) < 4.78 is 28.5. The van der Waals surface area contributed by atoms with Gasteiger partial charge >= 0.3 is 6.03 Å². The van der Waals surface area contributed by atoms with Gasteiger partial charge in [-0.25, -0.2) is 13.2 Å². The van der Waals surface area contributed by atoms with Gasteiger partial charge in [-0.05, 0) is 31.5 Å². The molecule has 2 amide bonds. The highest BCUT2D eigenvalue weighted by Crippen LogP contribution is 2.15. The van der Waals surface area contributed by atoms with Crippen molar-refractivity contribution >= 4 is 15.9 Å². The first-order valence-electron chi connectivity index (χ1n) is 8.53. The molecule has 9 heteroatoms. The van der Waals surface area contributed by atoms with E-state index in [0.717, 1.165) is 5.56 Å². The Labute approximate surface area is 154 Å². The van der Waals surface area contributed by atoms with Crippen LogP contribution in [0.4, 0.5) is 4.79 Å². The quantitative estimate of drug-likeness (QED) is 0.526. The van der Waals surface area contributed by atoms with Crippen LogP contribution >= 0.6 is 0 Å². The van der Waals surface area contributed by atoms with E-state index in [-0.39, 0.29) is 29.6 Å². The predicted molar refractivity (Wildman–Crippen MR) is 97.6 cm³/mol. The van der Waals surface area contributed by atoms with Gasteiger partial charge in [0.25, 0.3) is 0 Å². The van der Waals surface area contributed by atoms with E-state index in [9.17, 15) is 18.3 Å². The third-order valence-electron chi connectivity index (χ3n) is 4.09. The summed E-state index contributed by atoms with van der Waals surface area (Å²) in [7, 11) is -3.21. The Balaban J connectivity index is 1.79. The zero-order valence-corrected chi connectivity index (χ0v) is 16.0. The van der Waals surface area contributed by atoms with E-state index < -0.39 is 22.0 Å². The van der Waals surface area contributed by atoms with E-state index in [1.54, 1.807) is 24.3 Å². The lowest BCUT2D eigenvalue weighted by Gasteiger charge is -2.19. The predicted octanol–water partition coefficient (Wildman–Crippen LogP) is 0.0156. The van der Waals surface area contributed by atoms with Crippen molar-refractivity contribution in [2.75, 3.05) is 19.4 Å². The molecule has 1 aromatic rings. The molecule has 1 saturated heterocycles. The minimum Gasteiger partial charge on any atom is -0.389 e. The number of aliphatic hydroxyl groups excluding tert-OH is 1. The number of benzene rings is 1. The number of ether oxygens (including phenoxy) is 1. The molecule has 0 radical (unpaired) electrons. The Morgan fingerprint density at radius 2 is 1.96 bits per heavy atom. The number of amides is 2. The number of hydrogen-bond acceptors (Lipinski definition) is 6. The van der Waals surface area contributed by atoms with Crippen molar-refractivity contribution in [3.8, 4) is 0 Å². The van der Waals surface area contributed by atoms with Crippen LogP contribution in [0.25, 0.3) is 0 Å². The Morgan fingerprint density at radius 3 is 2.54 bits per heavy atom. The lowest BCUT2D eigenvalue weighted by atomic mass is 10.1. The van der Waals surface area contributed by atoms with E-state index in [1.807, 2.05) is 13.8 Å². The highest BCUT2D eigenvalue weighted by Gasteiger charge is 2.35. The fraction of sp³-hybridized carbons (Fsp3) is 0.588. The molecule has 1 aliphatic heterocycles. The summed E-state index contributed by atoms with van der Waals surface area (Å²) in [5.41, 5.74) is 0.905. The average molecular weight is 385 g/mol. The molecule has 26 heavy (non-hydrogen) atoms. The van der Waals surface area contributed by atoms with Crippen LogP contribution in [0.2, 0.25) is 0 Å². The Morgan fingerprint density at radius 1 is 1.31 bits per heavy atom. The van der Waals surface area contributed by atoms with Crippen molar-refractivity contribution in [3.05, 3.63) is 29.8 Å². The van der Waals surface area contributed by atoms with Crippen LogP contribution in [0.15, 0.2) is 29.2 Å². The van der Waals surface area contributed by atoms with Gasteiger partial charge in [0, 0.05) is 25.4 Å². The molecular weight excluding hydrogens is 358 g/mol. The first kappa shape index (κ1) is 20.6. The molecule has 4 N–H and O–H groups in total. The van der Waals surface area contributed by atoms with Crippen molar-refractivity contribution < 1.29 is 23.1 Å². The molecule has 0 spiro atoms. The van der Waals surface area contributed by atoms with E-state index in [0.29, 0.717) is 13.2 Å². The van der Waals surface area contributed by atoms with Gasteiger partial charge < -0.3 is 25.8 Å². The number of nitrogens with one attached hydrogen (secondary N) is 3. The monoisotopic (exact) mass is 385 g/mol. The summed E-state index contributed by atoms with van der Waals surface area (Å²) in [5, 5.41) is 18.9. The number of hydrogen-bond donors (Lipinski definition) is 4. The van der Waals surface area contributed by atoms with Crippen LogP contribution in [-0.2, 0) is 21.1 Å². The highest BCUT2D eigenvalue weighted by molar-refractivity contribution is 7.90. The summed E-state index contributed by atoms with van der Waals surface area (Å²) in [6.45, 7) is 4.76. The maximum absolute atomic E-state index is 11.6. The molecular formula is C17H27N3O5S. The van der Waals surface area contributed by atoms with Gasteiger partial charge in [-0.15, -0.1) is 0 Å². The van der Waals surface area contributed by atoms with Crippen molar-refractivity contribution in [2.24, 2.45) is 0 Å². The van der Waals surface area contributed by atoms with Crippen LogP contribution in [-0.4, -0.2) is 63.3 Å². The lowest BCUT2D eigenvalue weighted by Crippen LogP contribution is -2.47. The molecule has 1 aliphatic rings. The second-order valence-electron chi connectivity index (χ2n) is 6.77. The van der Waals surface area contributed by atoms with Gasteiger partial charge in [0.1, 0.15) is 6.10 Å². The molecule has 1 fully saturated rings. The molecule has 1 aromatic carbocycles. The van der Waals surface area contributed by atoms with Crippen LogP contribution in [0.1, 0.15) is 19.4 Å². The summed E-state index contributed by atoms with van der Waals surface area (Å²) in [4.78, 5) is 11.9. The van der Waals surface area contributed by atoms with Gasteiger partial charge in [0.2, 0.25) is 0 Å². The first-order valence-corrected chi connectivity index (χ1v) is 10.4. The van der Waals surface area contributed by atoms with Crippen LogP contribution in [0.5, 0.6) is 0 Å². The molecule has 0 bridgehead atoms. The van der Waals surface area contributed by atoms with Crippen LogP contribution in [0.3, 0.4) is 0 Å². The van der Waals surface area contributed by atoms with Gasteiger partial charge in [0.15, 0.2) is 9.84 Å². The van der Waals surface area contributed by atoms with Crippen LogP contribution < -0.4 is 16.0 Å². The standard InChI is InChI=1S/C17H27N3O5S/c1-11(2)20-17(22)19-9-15-16(21)14(10-25-15)18-8-12-4-6-13(7-5-12)26(3,23)24/h4-7,11,14-16,18,21H,8-10H2,1-3H3,(H2,19,20,22). The number of aliphatic hydroxyl groups is 1. The molecule has 0 aromatic heterocycles. The number of sulfone groups is 1. The zero-order valence-electron chi connectivity index (χ0n) is 15.2. The highest BCUT2D eigenvalue weighted by atomic mass is 32.2. The minimum atomic E-state index is -3.21. The fourth-order valence-electron chi connectivity index (χ4n) is 2.65. The van der Waals surface area contributed by atoms with E-state index in [2.05, 4.69) is 16.0 Å². The molecule has 3 unspecified atom stereocenters. The number of urea groups is 1. The minimum absolute atomic E-state index is 0.0351. The molecule has 8 nitrogen and oxygen atoms in total. The zero-order chi connectivity index (χ0) is 19.3. The summed E-state index contributed by atoms with van der Waals surface area (Å²) in [6, 6.07) is 6.08. The van der Waals surface area contributed by atoms with E-state index in [4.69, 9.17) is 4.74 Å². The normalized spacial score (nSPS) is 23.2. The van der Waals surface area contributed by atoms with Crippen molar-refractivity contribution in [1.29, 1.82) is 0 Å². The Bertz CT molecular complexity index is 706. The molecule has 0 aliphatic carbocycles. The molecule has 3 atom stereocenters. The van der Waals surface area contributed by atoms with E-state index in [1.165, 1.54) is 6.26 Å². The summed E-state index contributed by atoms with van der Waals surface area (Å²) in [6.07, 6.45) is -0.0510. The fourth-order valence-corrected chi connectivity index (χ4v) is 3.28. The third kappa shape index (κ3) is 5.94. The van der Waals surface area contributed by atoms with Crippen molar-refractivity contribution in [2.45, 2.75) is 49.6 Å². The Kier molecular flexibility index (Phi) is 6.99. The summed E-state index contributed by atoms with van der Waals surface area (Å²) >= 11 is 0. The molecule has 1 heterocycles. The van der Waals surface area contributed by atoms with E-state index >= 15 is 0 Å². The second kappa shape index (κ2) is 8.81. The molecule has 0 saturated carbocycles. The Hall–Kier alpha value is -1.68. The second-order valence-corrected chi connectivity index (χ2v) is 8.79. The lowest BCUT2D eigenvalue weighted by molar-refractivity contribution is 0.0425. The van der Waals surface area contributed by atoms with Gasteiger partial charge in [-0.2, -0.15) is 0 Å². The van der Waals surface area contributed by atoms with Gasteiger partial charge in [-0.3, -0.25) is 0 Å². The molecule has 2 rings (SSSR count). The maximum atomic E-state index is 11.6. The maximum Gasteiger partial charge on any atom is 0.315 e. The number of carbonyl (C=O) groups excluding carboxylic acids is 1. The SMILES string of the molecule is CC(C)NC(=O)NCC1OCC(NCc2ccc(S(C)(=O)=O)cc2)C1O. The largest absolute Gasteiger partial charge is 0.389 e. The van der Waals surface area contributed by atoms with Crippen LogP contribution in [0, 0.1) is 0 Å². The van der Waals surface area contributed by atoms with Crippen molar-refractivity contribution in [3.63, 3.8) is 0 Å². The summed E-state index contributed by atoms with van der Waals surface area (Å²) in [5.74, 6) is 0. The number of carbonyl (C=O) groups is 1. The van der Waals surface area contributed by atoms with Gasteiger partial charge in [0.05, 0.1) is 23.6 Å².